The zero-order valence-electron chi connectivity index (χ0n) is 8.49. The number of rotatable bonds is 0. The fraction of sp³-hybridized carbons (Fsp3) is 1.00. The maximum absolute atomic E-state index is 1.50. The van der Waals surface area contributed by atoms with Gasteiger partial charge in [0.05, 0.1) is 0 Å². The third-order valence-corrected chi connectivity index (χ3v) is 1.41. The maximum atomic E-state index is 1.50. The molecule has 4 aliphatic rings. The Hall–Kier alpha value is 0. The fourth-order valence-electron chi connectivity index (χ4n) is 0. The molecular formula is C12H24. The molecule has 0 heterocycles. The van der Waals surface area contributed by atoms with Gasteiger partial charge in [-0.1, -0.05) is 77.0 Å². The van der Waals surface area contributed by atoms with Crippen LogP contribution in [-0.2, 0) is 0 Å². The summed E-state index contributed by atoms with van der Waals surface area (Å²) in [5, 5.41) is 0. The van der Waals surface area contributed by atoms with Crippen LogP contribution in [-0.4, -0.2) is 0 Å². The van der Waals surface area contributed by atoms with Gasteiger partial charge in [0, 0.05) is 0 Å². The predicted octanol–water partition coefficient (Wildman–Crippen LogP) is 4.68. The second-order valence-corrected chi connectivity index (χ2v) is 4.24. The summed E-state index contributed by atoms with van der Waals surface area (Å²) >= 11 is 0. The van der Waals surface area contributed by atoms with Crippen LogP contribution in [0, 0.1) is 0 Å². The molecule has 0 radical (unpaired) electrons. The van der Waals surface area contributed by atoms with Crippen molar-refractivity contribution in [2.45, 2.75) is 77.0 Å². The molecule has 72 valence electrons. The van der Waals surface area contributed by atoms with Gasteiger partial charge in [0.1, 0.15) is 0 Å². The van der Waals surface area contributed by atoms with Crippen molar-refractivity contribution < 1.29 is 0 Å². The Balaban J connectivity index is 0.0000000800. The minimum Gasteiger partial charge on any atom is -0.0533 e. The van der Waals surface area contributed by atoms with E-state index in [-0.39, 0.29) is 0 Å². The average Bonchev–Trinajstić information content (AvgIpc) is 2.99. The minimum atomic E-state index is 1.50. The zero-order chi connectivity index (χ0) is 8.49. The van der Waals surface area contributed by atoms with Crippen LogP contribution in [0.3, 0.4) is 0 Å². The van der Waals surface area contributed by atoms with Gasteiger partial charge in [-0.2, -0.15) is 0 Å². The molecule has 0 nitrogen and oxygen atoms in total. The molecule has 12 heavy (non-hydrogen) atoms. The van der Waals surface area contributed by atoms with Crippen molar-refractivity contribution in [2.24, 2.45) is 0 Å². The summed E-state index contributed by atoms with van der Waals surface area (Å²) in [5.74, 6) is 0. The Morgan fingerprint density at radius 2 is 0.250 bits per heavy atom. The van der Waals surface area contributed by atoms with E-state index < -0.39 is 0 Å². The first-order valence-corrected chi connectivity index (χ1v) is 6.00. The van der Waals surface area contributed by atoms with Crippen LogP contribution in [0.5, 0.6) is 0 Å². The third kappa shape index (κ3) is 50.6. The highest BCUT2D eigenvalue weighted by Crippen LogP contribution is 2.15. The summed E-state index contributed by atoms with van der Waals surface area (Å²) in [6.45, 7) is 0. The molecule has 0 N–H and O–H groups in total. The number of hydrogen-bond acceptors (Lipinski definition) is 0. The van der Waals surface area contributed by atoms with E-state index in [0.717, 1.165) is 0 Å². The molecule has 0 heteroatoms. The lowest BCUT2D eigenvalue weighted by atomic mass is 11.0. The lowest BCUT2D eigenvalue weighted by Crippen LogP contribution is -0.856. The summed E-state index contributed by atoms with van der Waals surface area (Å²) in [5.41, 5.74) is 0. The third-order valence-electron chi connectivity index (χ3n) is 1.41. The van der Waals surface area contributed by atoms with Gasteiger partial charge in [-0.05, 0) is 0 Å². The molecule has 4 saturated carbocycles. The van der Waals surface area contributed by atoms with E-state index in [1.807, 2.05) is 0 Å². The molecule has 0 unspecified atom stereocenters. The van der Waals surface area contributed by atoms with Gasteiger partial charge < -0.3 is 0 Å². The molecule has 0 aromatic carbocycles. The predicted molar refractivity (Wildman–Crippen MR) is 55.4 cm³/mol. The van der Waals surface area contributed by atoms with Gasteiger partial charge >= 0.3 is 0 Å². The van der Waals surface area contributed by atoms with Gasteiger partial charge in [-0.3, -0.25) is 0 Å². The van der Waals surface area contributed by atoms with E-state index in [1.54, 1.807) is 0 Å². The van der Waals surface area contributed by atoms with Crippen molar-refractivity contribution in [2.75, 3.05) is 0 Å². The van der Waals surface area contributed by atoms with Crippen LogP contribution in [0.4, 0.5) is 0 Å². The standard InChI is InChI=1S/4C3H6/c4*1-2-3-1/h4*1-3H2. The van der Waals surface area contributed by atoms with Crippen molar-refractivity contribution in [1.82, 2.24) is 0 Å². The van der Waals surface area contributed by atoms with Crippen LogP contribution in [0.2, 0.25) is 0 Å². The topological polar surface area (TPSA) is 0 Å². The van der Waals surface area contributed by atoms with Crippen LogP contribution in [0.25, 0.3) is 0 Å². The smallest absolute Gasteiger partial charge is 0.0533 e. The fourth-order valence-corrected chi connectivity index (χ4v) is 0. The van der Waals surface area contributed by atoms with Crippen LogP contribution in [0.15, 0.2) is 0 Å². The summed E-state index contributed by atoms with van der Waals surface area (Å²) in [6.07, 6.45) is 18.0. The van der Waals surface area contributed by atoms with Gasteiger partial charge in [0.15, 0.2) is 0 Å². The first kappa shape index (κ1) is 10.1. The highest BCUT2D eigenvalue weighted by Gasteiger charge is 1.96. The normalized spacial score (nSPS) is 24.0. The molecule has 0 aliphatic heterocycles. The largest absolute Gasteiger partial charge is 0.0533 e. The second kappa shape index (κ2) is 7.64. The Morgan fingerprint density at radius 3 is 0.250 bits per heavy atom. The SMILES string of the molecule is C1CC1.C1CC1.C1CC1.C1CC1. The summed E-state index contributed by atoms with van der Waals surface area (Å²) in [7, 11) is 0. The molecule has 0 bridgehead atoms. The molecule has 0 aromatic rings. The van der Waals surface area contributed by atoms with Gasteiger partial charge in [0.2, 0.25) is 0 Å². The van der Waals surface area contributed by atoms with E-state index in [9.17, 15) is 0 Å². The van der Waals surface area contributed by atoms with E-state index >= 15 is 0 Å². The Labute approximate surface area is 77.7 Å². The van der Waals surface area contributed by atoms with E-state index in [1.165, 1.54) is 77.0 Å². The first-order chi connectivity index (χ1) is 6.00. The average molecular weight is 168 g/mol. The van der Waals surface area contributed by atoms with Crippen molar-refractivity contribution in [3.8, 4) is 0 Å². The van der Waals surface area contributed by atoms with Crippen LogP contribution >= 0.6 is 0 Å². The Morgan fingerprint density at radius 1 is 0.167 bits per heavy atom. The van der Waals surface area contributed by atoms with Gasteiger partial charge in [-0.15, -0.1) is 0 Å². The maximum Gasteiger partial charge on any atom is -0.0533 e. The van der Waals surface area contributed by atoms with Crippen molar-refractivity contribution in [3.05, 3.63) is 0 Å². The lowest BCUT2D eigenvalue weighted by Gasteiger charge is -1.05. The molecular weight excluding hydrogens is 144 g/mol. The second-order valence-electron chi connectivity index (χ2n) is 4.24. The number of hydrogen-bond donors (Lipinski definition) is 0. The summed E-state index contributed by atoms with van der Waals surface area (Å²) in [4.78, 5) is 0. The Kier molecular flexibility index (Phi) is 6.42. The van der Waals surface area contributed by atoms with E-state index in [4.69, 9.17) is 0 Å². The van der Waals surface area contributed by atoms with Crippen LogP contribution in [0.1, 0.15) is 77.0 Å². The first-order valence-electron chi connectivity index (χ1n) is 6.00. The monoisotopic (exact) mass is 168 g/mol. The molecule has 4 aliphatic carbocycles. The highest BCUT2D eigenvalue weighted by molar-refractivity contribution is 4.51. The molecule has 0 saturated heterocycles. The molecule has 0 aromatic heterocycles. The molecule has 4 rings (SSSR count). The van der Waals surface area contributed by atoms with Gasteiger partial charge in [-0.25, -0.2) is 0 Å². The summed E-state index contributed by atoms with van der Waals surface area (Å²) in [6, 6.07) is 0. The quantitative estimate of drug-likeness (QED) is 0.492. The van der Waals surface area contributed by atoms with E-state index in [2.05, 4.69) is 0 Å². The van der Waals surface area contributed by atoms with E-state index in [0.29, 0.717) is 0 Å². The lowest BCUT2D eigenvalue weighted by molar-refractivity contribution is 1.50. The Bertz CT molecular complexity index is 43.0. The van der Waals surface area contributed by atoms with Crippen molar-refractivity contribution in [1.29, 1.82) is 0 Å². The van der Waals surface area contributed by atoms with Crippen molar-refractivity contribution >= 4 is 0 Å². The van der Waals surface area contributed by atoms with Gasteiger partial charge in [0.25, 0.3) is 0 Å². The zero-order valence-corrected chi connectivity index (χ0v) is 8.49. The summed E-state index contributed by atoms with van der Waals surface area (Å²) < 4.78 is 0. The van der Waals surface area contributed by atoms with Crippen LogP contribution < -0.4 is 0 Å². The molecule has 0 amide bonds. The minimum absolute atomic E-state index is 1.50. The molecule has 0 spiro atoms. The van der Waals surface area contributed by atoms with Crippen molar-refractivity contribution in [3.63, 3.8) is 0 Å². The molecule has 0 atom stereocenters. The highest BCUT2D eigenvalue weighted by atomic mass is 14.0. The molecule has 4 fully saturated rings.